The second kappa shape index (κ2) is 5.14. The Bertz CT molecular complexity index is 660. The van der Waals surface area contributed by atoms with Gasteiger partial charge in [0.05, 0.1) is 19.2 Å². The van der Waals surface area contributed by atoms with Gasteiger partial charge in [-0.3, -0.25) is 9.59 Å². The van der Waals surface area contributed by atoms with E-state index < -0.39 is 66.4 Å². The molecular weight excluding hydrogens is 196 g/mol. The standard InChI is InChI=1S/C11H12O4/c12-10(13)7-9(11(14)15)6-8-4-2-1-3-5-8/h1-5,9H,6-7H2,(H,12,13)(H,14,15)/i1D,2D,3D,4D,5D,6D2,9D. The molecule has 0 bridgehead atoms. The summed E-state index contributed by atoms with van der Waals surface area (Å²) < 4.78 is 61.1. The molecule has 0 heterocycles. The van der Waals surface area contributed by atoms with E-state index in [9.17, 15) is 9.59 Å². The van der Waals surface area contributed by atoms with E-state index in [1.807, 2.05) is 0 Å². The van der Waals surface area contributed by atoms with Gasteiger partial charge in [0.25, 0.3) is 0 Å². The first-order chi connectivity index (χ1) is 10.3. The molecule has 0 amide bonds. The van der Waals surface area contributed by atoms with Gasteiger partial charge in [0.15, 0.2) is 0 Å². The van der Waals surface area contributed by atoms with Gasteiger partial charge < -0.3 is 10.2 Å². The topological polar surface area (TPSA) is 74.6 Å². The lowest BCUT2D eigenvalue weighted by Crippen LogP contribution is -2.20. The third-order valence-electron chi connectivity index (χ3n) is 1.36. The van der Waals surface area contributed by atoms with Crippen LogP contribution in [0.2, 0.25) is 0 Å². The molecule has 80 valence electrons. The van der Waals surface area contributed by atoms with Crippen LogP contribution in [0.1, 0.15) is 23.0 Å². The van der Waals surface area contributed by atoms with E-state index in [0.29, 0.717) is 0 Å². The predicted molar refractivity (Wildman–Crippen MR) is 53.5 cm³/mol. The van der Waals surface area contributed by atoms with Crippen molar-refractivity contribution >= 4 is 11.9 Å². The number of rotatable bonds is 5. The first-order valence-corrected chi connectivity index (χ1v) is 3.81. The summed E-state index contributed by atoms with van der Waals surface area (Å²) in [5, 5.41) is 17.9. The third-order valence-corrected chi connectivity index (χ3v) is 1.36. The van der Waals surface area contributed by atoms with Crippen LogP contribution in [-0.2, 0) is 16.0 Å². The number of benzene rings is 1. The van der Waals surface area contributed by atoms with Gasteiger partial charge in [-0.15, -0.1) is 0 Å². The summed E-state index contributed by atoms with van der Waals surface area (Å²) in [5.74, 6) is -7.19. The highest BCUT2D eigenvalue weighted by molar-refractivity contribution is 5.77. The molecule has 0 radical (unpaired) electrons. The van der Waals surface area contributed by atoms with Gasteiger partial charge in [0.1, 0.15) is 0 Å². The van der Waals surface area contributed by atoms with Crippen molar-refractivity contribution in [3.05, 3.63) is 35.8 Å². The van der Waals surface area contributed by atoms with Crippen molar-refractivity contribution in [1.82, 2.24) is 0 Å². The zero-order valence-corrected chi connectivity index (χ0v) is 7.42. The molecule has 4 heteroatoms. The molecule has 2 N–H and O–H groups in total. The van der Waals surface area contributed by atoms with Gasteiger partial charge in [-0.05, 0) is 11.9 Å². The van der Waals surface area contributed by atoms with Crippen LogP contribution in [-0.4, -0.2) is 22.2 Å². The zero-order chi connectivity index (χ0) is 18.3. The van der Waals surface area contributed by atoms with Gasteiger partial charge in [0.2, 0.25) is 0 Å². The first kappa shape index (κ1) is 4.35. The van der Waals surface area contributed by atoms with Gasteiger partial charge in [-0.25, -0.2) is 0 Å². The number of aliphatic carboxylic acids is 2. The zero-order valence-electron chi connectivity index (χ0n) is 15.4. The number of carboxylic acid groups (broad SMARTS) is 2. The van der Waals surface area contributed by atoms with E-state index in [4.69, 9.17) is 21.2 Å². The van der Waals surface area contributed by atoms with Crippen molar-refractivity contribution < 1.29 is 30.8 Å². The second-order valence-corrected chi connectivity index (χ2v) is 2.48. The van der Waals surface area contributed by atoms with E-state index >= 15 is 0 Å². The lowest BCUT2D eigenvalue weighted by Gasteiger charge is -2.09. The number of hydrogen-bond donors (Lipinski definition) is 2. The molecule has 0 aliphatic heterocycles. The van der Waals surface area contributed by atoms with Crippen molar-refractivity contribution in [2.75, 3.05) is 0 Å². The Morgan fingerprint density at radius 3 is 2.47 bits per heavy atom. The Balaban J connectivity index is 3.79. The third kappa shape index (κ3) is 3.81. The van der Waals surface area contributed by atoms with Crippen molar-refractivity contribution in [2.45, 2.75) is 12.8 Å². The fraction of sp³-hybridized carbons (Fsp3) is 0.273. The summed E-state index contributed by atoms with van der Waals surface area (Å²) in [4.78, 5) is 22.1. The van der Waals surface area contributed by atoms with Gasteiger partial charge in [-0.2, -0.15) is 0 Å². The molecule has 1 unspecified atom stereocenters. The Kier molecular flexibility index (Phi) is 1.49. The highest BCUT2D eigenvalue weighted by Gasteiger charge is 2.20. The average Bonchev–Trinajstić information content (AvgIpc) is 2.41. The molecule has 0 fully saturated rings. The Morgan fingerprint density at radius 2 is 2.00 bits per heavy atom. The maximum Gasteiger partial charge on any atom is 0.307 e. The Labute approximate surface area is 98.4 Å². The summed E-state index contributed by atoms with van der Waals surface area (Å²) in [6.07, 6.45) is -4.82. The molecule has 0 saturated carbocycles. The minimum Gasteiger partial charge on any atom is -0.481 e. The normalized spacial score (nSPS) is 22.7. The molecule has 0 spiro atoms. The van der Waals surface area contributed by atoms with Gasteiger partial charge >= 0.3 is 11.9 Å². The van der Waals surface area contributed by atoms with E-state index in [1.165, 1.54) is 0 Å². The fourth-order valence-corrected chi connectivity index (χ4v) is 0.788. The van der Waals surface area contributed by atoms with E-state index in [1.54, 1.807) is 0 Å². The molecule has 0 saturated heterocycles. The lowest BCUT2D eigenvalue weighted by atomic mass is 9.96. The maximum absolute atomic E-state index is 11.3. The minimum absolute atomic E-state index is 0.816. The molecule has 0 aliphatic carbocycles. The first-order valence-electron chi connectivity index (χ1n) is 7.81. The highest BCUT2D eigenvalue weighted by atomic mass is 16.4. The van der Waals surface area contributed by atoms with Crippen molar-refractivity contribution in [3.63, 3.8) is 0 Å². The quantitative estimate of drug-likeness (QED) is 0.780. The van der Waals surface area contributed by atoms with Crippen LogP contribution in [0, 0.1) is 5.89 Å². The largest absolute Gasteiger partial charge is 0.481 e. The lowest BCUT2D eigenvalue weighted by molar-refractivity contribution is -0.148. The van der Waals surface area contributed by atoms with Crippen molar-refractivity contribution in [1.29, 1.82) is 0 Å². The smallest absolute Gasteiger partial charge is 0.307 e. The molecule has 1 atom stereocenters. The molecule has 1 aromatic carbocycles. The van der Waals surface area contributed by atoms with Crippen LogP contribution in [0.4, 0.5) is 0 Å². The monoisotopic (exact) mass is 216 g/mol. The predicted octanol–water partition coefficient (Wildman–Crippen LogP) is 1.40. The molecule has 0 aliphatic rings. The van der Waals surface area contributed by atoms with Crippen molar-refractivity contribution in [2.24, 2.45) is 5.89 Å². The molecule has 15 heavy (non-hydrogen) atoms. The van der Waals surface area contributed by atoms with Crippen LogP contribution >= 0.6 is 0 Å². The Hall–Kier alpha value is -1.84. The molecule has 1 rings (SSSR count). The summed E-state index contributed by atoms with van der Waals surface area (Å²) >= 11 is 0. The van der Waals surface area contributed by atoms with Crippen LogP contribution in [0.15, 0.2) is 30.2 Å². The SMILES string of the molecule is [2H]c1c([2H])c([2H])c(C([2H])([2H])C([2H])(CC(=O)O)C(=O)O)c([2H])c1[2H]. The summed E-state index contributed by atoms with van der Waals surface area (Å²) in [6, 6.07) is -4.68. The van der Waals surface area contributed by atoms with Gasteiger partial charge in [-0.1, -0.05) is 30.2 Å². The highest BCUT2D eigenvalue weighted by Crippen LogP contribution is 2.12. The van der Waals surface area contributed by atoms with E-state index in [0.717, 1.165) is 0 Å². The van der Waals surface area contributed by atoms with Crippen LogP contribution in [0.3, 0.4) is 0 Å². The minimum atomic E-state index is -3.36. The van der Waals surface area contributed by atoms with E-state index in [2.05, 4.69) is 0 Å². The number of carbonyl (C=O) groups is 2. The van der Waals surface area contributed by atoms with Gasteiger partial charge in [0, 0.05) is 4.11 Å². The molecule has 0 aromatic heterocycles. The molecular formula is C11H12O4. The fourth-order valence-electron chi connectivity index (χ4n) is 0.788. The summed E-state index contributed by atoms with van der Waals surface area (Å²) in [5.41, 5.74) is -1.07. The summed E-state index contributed by atoms with van der Waals surface area (Å²) in [7, 11) is 0. The van der Waals surface area contributed by atoms with Crippen LogP contribution < -0.4 is 0 Å². The average molecular weight is 216 g/mol. The maximum atomic E-state index is 11.3. The second-order valence-electron chi connectivity index (χ2n) is 2.48. The van der Waals surface area contributed by atoms with E-state index in [-0.39, 0.29) is 0 Å². The number of hydrogen-bond acceptors (Lipinski definition) is 2. The van der Waals surface area contributed by atoms with Crippen molar-refractivity contribution in [3.8, 4) is 0 Å². The summed E-state index contributed by atoms with van der Waals surface area (Å²) in [6.45, 7) is 0. The number of carboxylic acids is 2. The van der Waals surface area contributed by atoms with Crippen LogP contribution in [0.25, 0.3) is 0 Å². The molecule has 4 nitrogen and oxygen atoms in total. The van der Waals surface area contributed by atoms with Crippen LogP contribution in [0.5, 0.6) is 0 Å². The molecule has 1 aromatic rings. The Morgan fingerprint density at radius 1 is 1.40 bits per heavy atom.